The number of benzene rings is 1. The molecule has 0 radical (unpaired) electrons. The van der Waals surface area contributed by atoms with Gasteiger partial charge in [0.15, 0.2) is 5.82 Å². The molecule has 0 spiro atoms. The largest absolute Gasteiger partial charge is 0.263 e. The summed E-state index contributed by atoms with van der Waals surface area (Å²) in [5, 5.41) is 6.77. The van der Waals surface area contributed by atoms with Crippen molar-refractivity contribution in [2.75, 3.05) is 4.72 Å². The summed E-state index contributed by atoms with van der Waals surface area (Å²) in [6.07, 6.45) is -1.61. The summed E-state index contributed by atoms with van der Waals surface area (Å²) >= 11 is 0. The number of halogens is 3. The molecular formula is C11H11F3N4O2S. The van der Waals surface area contributed by atoms with Crippen molar-refractivity contribution in [2.45, 2.75) is 24.8 Å². The molecule has 0 unspecified atom stereocenters. The molecular weight excluding hydrogens is 309 g/mol. The zero-order chi connectivity index (χ0) is 15.6. The van der Waals surface area contributed by atoms with Gasteiger partial charge in [0.05, 0.1) is 11.1 Å². The van der Waals surface area contributed by atoms with Crippen LogP contribution in [0.2, 0.25) is 0 Å². The Bertz CT molecular complexity index is 746. The molecule has 0 bridgehead atoms. The van der Waals surface area contributed by atoms with E-state index in [9.17, 15) is 21.6 Å². The SMILES string of the molecule is Cc1ccc(S(=O)(=O)Nc2cn(CC(F)F)nn2)cc1F. The van der Waals surface area contributed by atoms with Gasteiger partial charge in [-0.1, -0.05) is 11.3 Å². The van der Waals surface area contributed by atoms with Crippen LogP contribution in [0, 0.1) is 12.7 Å². The lowest BCUT2D eigenvalue weighted by Gasteiger charge is -2.06. The van der Waals surface area contributed by atoms with E-state index in [4.69, 9.17) is 0 Å². The van der Waals surface area contributed by atoms with E-state index >= 15 is 0 Å². The van der Waals surface area contributed by atoms with Crippen LogP contribution in [-0.2, 0) is 16.6 Å². The summed E-state index contributed by atoms with van der Waals surface area (Å²) in [7, 11) is -4.06. The highest BCUT2D eigenvalue weighted by Crippen LogP contribution is 2.17. The Hall–Kier alpha value is -2.10. The maximum Gasteiger partial charge on any atom is 0.263 e. The van der Waals surface area contributed by atoms with Gasteiger partial charge in [-0.2, -0.15) is 0 Å². The number of hydrogen-bond donors (Lipinski definition) is 1. The second-order valence-electron chi connectivity index (χ2n) is 4.23. The zero-order valence-corrected chi connectivity index (χ0v) is 11.6. The highest BCUT2D eigenvalue weighted by Gasteiger charge is 2.18. The van der Waals surface area contributed by atoms with Crippen molar-refractivity contribution in [1.29, 1.82) is 0 Å². The molecule has 0 aliphatic rings. The van der Waals surface area contributed by atoms with Gasteiger partial charge in [-0.05, 0) is 24.6 Å². The van der Waals surface area contributed by atoms with Gasteiger partial charge in [-0.25, -0.2) is 26.3 Å². The van der Waals surface area contributed by atoms with Gasteiger partial charge in [0.2, 0.25) is 0 Å². The number of hydrogen-bond acceptors (Lipinski definition) is 4. The van der Waals surface area contributed by atoms with Crippen LogP contribution in [0.3, 0.4) is 0 Å². The molecule has 21 heavy (non-hydrogen) atoms. The van der Waals surface area contributed by atoms with Crippen LogP contribution in [0.15, 0.2) is 29.3 Å². The highest BCUT2D eigenvalue weighted by atomic mass is 32.2. The van der Waals surface area contributed by atoms with Crippen molar-refractivity contribution in [1.82, 2.24) is 15.0 Å². The van der Waals surface area contributed by atoms with E-state index in [1.54, 1.807) is 0 Å². The fourth-order valence-corrected chi connectivity index (χ4v) is 2.51. The molecule has 114 valence electrons. The molecule has 2 aromatic rings. The van der Waals surface area contributed by atoms with Crippen molar-refractivity contribution < 1.29 is 21.6 Å². The average Bonchev–Trinajstić information content (AvgIpc) is 2.78. The van der Waals surface area contributed by atoms with Gasteiger partial charge in [0.1, 0.15) is 12.4 Å². The third-order valence-electron chi connectivity index (χ3n) is 2.56. The number of aryl methyl sites for hydroxylation is 1. The van der Waals surface area contributed by atoms with Crippen molar-refractivity contribution in [3.05, 3.63) is 35.8 Å². The van der Waals surface area contributed by atoms with Gasteiger partial charge in [0, 0.05) is 0 Å². The maximum absolute atomic E-state index is 13.4. The number of anilines is 1. The smallest absolute Gasteiger partial charge is 0.261 e. The lowest BCUT2D eigenvalue weighted by Crippen LogP contribution is -2.13. The minimum atomic E-state index is -4.06. The van der Waals surface area contributed by atoms with Crippen molar-refractivity contribution >= 4 is 15.8 Å². The van der Waals surface area contributed by atoms with Crippen LogP contribution in [0.4, 0.5) is 19.0 Å². The summed E-state index contributed by atoms with van der Waals surface area (Å²) < 4.78 is 64.5. The molecule has 0 amide bonds. The van der Waals surface area contributed by atoms with E-state index in [0.29, 0.717) is 5.56 Å². The first-order chi connectivity index (χ1) is 9.78. The highest BCUT2D eigenvalue weighted by molar-refractivity contribution is 7.92. The molecule has 1 N–H and O–H groups in total. The van der Waals surface area contributed by atoms with Crippen molar-refractivity contribution in [3.63, 3.8) is 0 Å². The second-order valence-corrected chi connectivity index (χ2v) is 5.92. The maximum atomic E-state index is 13.4. The second kappa shape index (κ2) is 5.72. The number of aromatic nitrogens is 3. The Morgan fingerprint density at radius 3 is 2.71 bits per heavy atom. The van der Waals surface area contributed by atoms with Gasteiger partial charge < -0.3 is 0 Å². The molecule has 1 heterocycles. The predicted molar refractivity (Wildman–Crippen MR) is 68.0 cm³/mol. The number of sulfonamides is 1. The van der Waals surface area contributed by atoms with Gasteiger partial charge >= 0.3 is 0 Å². The molecule has 1 aromatic heterocycles. The van der Waals surface area contributed by atoms with Gasteiger partial charge in [-0.15, -0.1) is 5.10 Å². The predicted octanol–water partition coefficient (Wildman–Crippen LogP) is 1.79. The Balaban J connectivity index is 2.20. The number of nitrogens with one attached hydrogen (secondary N) is 1. The lowest BCUT2D eigenvalue weighted by molar-refractivity contribution is 0.121. The molecule has 0 aliphatic carbocycles. The molecule has 0 aliphatic heterocycles. The summed E-state index contributed by atoms with van der Waals surface area (Å²) in [6.45, 7) is 0.795. The number of rotatable bonds is 5. The molecule has 0 saturated carbocycles. The van der Waals surface area contributed by atoms with Crippen molar-refractivity contribution in [2.24, 2.45) is 0 Å². The van der Waals surface area contributed by atoms with E-state index < -0.39 is 28.8 Å². The Morgan fingerprint density at radius 2 is 2.10 bits per heavy atom. The van der Waals surface area contributed by atoms with E-state index in [1.807, 2.05) is 4.72 Å². The fourth-order valence-electron chi connectivity index (χ4n) is 1.51. The van der Waals surface area contributed by atoms with Crippen LogP contribution >= 0.6 is 0 Å². The summed E-state index contributed by atoms with van der Waals surface area (Å²) in [5.41, 5.74) is 0.303. The zero-order valence-electron chi connectivity index (χ0n) is 10.8. The normalized spacial score (nSPS) is 11.9. The third-order valence-corrected chi connectivity index (χ3v) is 3.91. The van der Waals surface area contributed by atoms with Gasteiger partial charge in [-0.3, -0.25) is 4.72 Å². The first-order valence-corrected chi connectivity index (χ1v) is 7.23. The molecule has 6 nitrogen and oxygen atoms in total. The minimum absolute atomic E-state index is 0.225. The van der Waals surface area contributed by atoms with E-state index in [-0.39, 0.29) is 10.7 Å². The van der Waals surface area contributed by atoms with Crippen LogP contribution in [0.25, 0.3) is 0 Å². The Labute approximate surface area is 118 Å². The van der Waals surface area contributed by atoms with Crippen LogP contribution in [0.5, 0.6) is 0 Å². The third kappa shape index (κ3) is 3.72. The minimum Gasteiger partial charge on any atom is -0.261 e. The topological polar surface area (TPSA) is 76.9 Å². The van der Waals surface area contributed by atoms with Gasteiger partial charge in [0.25, 0.3) is 16.4 Å². The van der Waals surface area contributed by atoms with E-state index in [0.717, 1.165) is 16.9 Å². The standard InChI is InChI=1S/C11H11F3N4O2S/c1-7-2-3-8(4-9(7)12)21(19,20)16-11-6-18(17-15-11)5-10(13)14/h2-4,6,10,16H,5H2,1H3. The Kier molecular flexibility index (Phi) is 4.16. The molecule has 0 saturated heterocycles. The Morgan fingerprint density at radius 1 is 1.38 bits per heavy atom. The summed E-state index contributed by atoms with van der Waals surface area (Å²) in [5.74, 6) is -0.893. The molecule has 0 atom stereocenters. The fraction of sp³-hybridized carbons (Fsp3) is 0.273. The molecule has 10 heteroatoms. The number of alkyl halides is 2. The van der Waals surface area contributed by atoms with Crippen LogP contribution < -0.4 is 4.72 Å². The molecule has 2 rings (SSSR count). The summed E-state index contributed by atoms with van der Waals surface area (Å²) in [4.78, 5) is -0.297. The molecule has 1 aromatic carbocycles. The lowest BCUT2D eigenvalue weighted by atomic mass is 10.2. The van der Waals surface area contributed by atoms with Crippen molar-refractivity contribution in [3.8, 4) is 0 Å². The first kappa shape index (κ1) is 15.3. The van der Waals surface area contributed by atoms with Crippen LogP contribution in [-0.4, -0.2) is 29.8 Å². The van der Waals surface area contributed by atoms with E-state index in [2.05, 4.69) is 10.3 Å². The van der Waals surface area contributed by atoms with E-state index in [1.165, 1.54) is 19.1 Å². The summed E-state index contributed by atoms with van der Waals surface area (Å²) in [6, 6.07) is 3.41. The number of nitrogens with zero attached hydrogens (tertiary/aromatic N) is 3. The quantitative estimate of drug-likeness (QED) is 0.911. The first-order valence-electron chi connectivity index (χ1n) is 5.75. The van der Waals surface area contributed by atoms with Crippen LogP contribution in [0.1, 0.15) is 5.56 Å². The average molecular weight is 320 g/mol. The monoisotopic (exact) mass is 320 g/mol. The molecule has 0 fully saturated rings.